The van der Waals surface area contributed by atoms with Crippen molar-refractivity contribution in [1.82, 2.24) is 9.21 Å². The molecule has 1 unspecified atom stereocenters. The van der Waals surface area contributed by atoms with Crippen LogP contribution in [0, 0.1) is 6.92 Å². The van der Waals surface area contributed by atoms with Gasteiger partial charge in [0.1, 0.15) is 6.61 Å². The number of carbonyl (C=O) groups is 1. The van der Waals surface area contributed by atoms with Gasteiger partial charge in [-0.25, -0.2) is 8.42 Å². The standard InChI is InChI=1S/C19H26N2O4S2/c1-15-4-6-17(7-5-15)27(23,24)21-13-19(14-21)10-16(12-26-19)25-11-18(22)20-8-2-3-9-20/h4-7,16H,2-3,8-14H2,1H3. The van der Waals surface area contributed by atoms with Crippen molar-refractivity contribution in [1.29, 1.82) is 0 Å². The minimum Gasteiger partial charge on any atom is -0.367 e. The molecule has 0 aliphatic carbocycles. The lowest BCUT2D eigenvalue weighted by Crippen LogP contribution is -2.60. The van der Waals surface area contributed by atoms with Crippen LogP contribution < -0.4 is 0 Å². The van der Waals surface area contributed by atoms with E-state index in [2.05, 4.69) is 0 Å². The number of sulfonamides is 1. The molecule has 0 saturated carbocycles. The summed E-state index contributed by atoms with van der Waals surface area (Å²) in [6.07, 6.45) is 3.01. The molecule has 3 fully saturated rings. The van der Waals surface area contributed by atoms with E-state index in [0.29, 0.717) is 18.0 Å². The minimum absolute atomic E-state index is 0.0331. The van der Waals surface area contributed by atoms with Crippen molar-refractivity contribution in [2.45, 2.75) is 41.9 Å². The summed E-state index contributed by atoms with van der Waals surface area (Å²) in [6, 6.07) is 7.00. The molecule has 3 saturated heterocycles. The third-order valence-electron chi connectivity index (χ3n) is 5.66. The second-order valence-electron chi connectivity index (χ2n) is 7.81. The zero-order chi connectivity index (χ0) is 19.1. The monoisotopic (exact) mass is 410 g/mol. The molecular weight excluding hydrogens is 384 g/mol. The van der Waals surface area contributed by atoms with Crippen molar-refractivity contribution >= 4 is 27.7 Å². The van der Waals surface area contributed by atoms with Crippen LogP contribution in [0.1, 0.15) is 24.8 Å². The van der Waals surface area contributed by atoms with E-state index in [-0.39, 0.29) is 23.4 Å². The highest BCUT2D eigenvalue weighted by molar-refractivity contribution is 8.01. The highest BCUT2D eigenvalue weighted by Gasteiger charge is 2.53. The lowest BCUT2D eigenvalue weighted by atomic mass is 9.95. The second-order valence-corrected chi connectivity index (χ2v) is 11.2. The number of hydrogen-bond acceptors (Lipinski definition) is 5. The molecule has 1 amide bonds. The Morgan fingerprint density at radius 3 is 2.56 bits per heavy atom. The molecule has 3 aliphatic rings. The third-order valence-corrected chi connectivity index (χ3v) is 9.05. The normalized spacial score (nSPS) is 25.1. The quantitative estimate of drug-likeness (QED) is 0.742. The average molecular weight is 411 g/mol. The SMILES string of the molecule is Cc1ccc(S(=O)(=O)N2CC3(CC(OCC(=O)N4CCCC4)CS3)C2)cc1. The van der Waals surface area contributed by atoms with Gasteiger partial charge >= 0.3 is 0 Å². The molecule has 0 radical (unpaired) electrons. The molecule has 1 atom stereocenters. The molecule has 1 aromatic carbocycles. The number of benzene rings is 1. The fourth-order valence-corrected chi connectivity index (χ4v) is 7.33. The zero-order valence-electron chi connectivity index (χ0n) is 15.6. The van der Waals surface area contributed by atoms with Crippen LogP contribution in [0.25, 0.3) is 0 Å². The molecule has 27 heavy (non-hydrogen) atoms. The highest BCUT2D eigenvalue weighted by Crippen LogP contribution is 2.47. The number of amides is 1. The Bertz CT molecular complexity index is 798. The smallest absolute Gasteiger partial charge is 0.248 e. The molecule has 148 valence electrons. The average Bonchev–Trinajstić information content (AvgIpc) is 3.29. The number of likely N-dealkylation sites (tertiary alicyclic amines) is 1. The van der Waals surface area contributed by atoms with Crippen molar-refractivity contribution < 1.29 is 17.9 Å². The van der Waals surface area contributed by atoms with E-state index in [1.807, 2.05) is 24.0 Å². The van der Waals surface area contributed by atoms with Crippen LogP contribution in [0.2, 0.25) is 0 Å². The Hall–Kier alpha value is -1.09. The second kappa shape index (κ2) is 7.39. The van der Waals surface area contributed by atoms with Crippen molar-refractivity contribution in [3.05, 3.63) is 29.8 Å². The fourth-order valence-electron chi connectivity index (χ4n) is 4.00. The maximum atomic E-state index is 12.7. The Morgan fingerprint density at radius 1 is 1.22 bits per heavy atom. The van der Waals surface area contributed by atoms with Crippen LogP contribution in [0.4, 0.5) is 0 Å². The van der Waals surface area contributed by atoms with Gasteiger partial charge in [0.2, 0.25) is 15.9 Å². The summed E-state index contributed by atoms with van der Waals surface area (Å²) in [5, 5.41) is 0. The number of aryl methyl sites for hydroxylation is 1. The Balaban J connectivity index is 1.28. The number of nitrogens with zero attached hydrogens (tertiary/aromatic N) is 2. The van der Waals surface area contributed by atoms with Gasteiger partial charge in [-0.05, 0) is 38.3 Å². The molecule has 0 N–H and O–H groups in total. The third kappa shape index (κ3) is 3.90. The van der Waals surface area contributed by atoms with E-state index < -0.39 is 10.0 Å². The van der Waals surface area contributed by atoms with E-state index in [4.69, 9.17) is 4.74 Å². The van der Waals surface area contributed by atoms with E-state index in [9.17, 15) is 13.2 Å². The Kier molecular flexibility index (Phi) is 5.26. The first-order valence-corrected chi connectivity index (χ1v) is 11.9. The number of ether oxygens (including phenoxy) is 1. The van der Waals surface area contributed by atoms with Crippen LogP contribution in [-0.2, 0) is 19.6 Å². The Morgan fingerprint density at radius 2 is 1.89 bits per heavy atom. The number of rotatable bonds is 5. The molecule has 0 bridgehead atoms. The van der Waals surface area contributed by atoms with Crippen LogP contribution in [-0.4, -0.2) is 72.9 Å². The molecule has 6 nitrogen and oxygen atoms in total. The van der Waals surface area contributed by atoms with E-state index >= 15 is 0 Å². The van der Waals surface area contributed by atoms with Crippen LogP contribution in [0.5, 0.6) is 0 Å². The van der Waals surface area contributed by atoms with Crippen molar-refractivity contribution in [2.75, 3.05) is 38.5 Å². The van der Waals surface area contributed by atoms with Crippen molar-refractivity contribution in [3.8, 4) is 0 Å². The largest absolute Gasteiger partial charge is 0.367 e. The van der Waals surface area contributed by atoms with Gasteiger partial charge in [0, 0.05) is 36.7 Å². The predicted molar refractivity (Wildman–Crippen MR) is 105 cm³/mol. The van der Waals surface area contributed by atoms with Crippen molar-refractivity contribution in [3.63, 3.8) is 0 Å². The van der Waals surface area contributed by atoms with E-state index in [1.165, 1.54) is 0 Å². The van der Waals surface area contributed by atoms with Crippen LogP contribution >= 0.6 is 11.8 Å². The molecule has 0 aromatic heterocycles. The van der Waals surface area contributed by atoms with Gasteiger partial charge in [-0.3, -0.25) is 4.79 Å². The summed E-state index contributed by atoms with van der Waals surface area (Å²) in [7, 11) is -3.42. The Labute approximate surface area is 165 Å². The minimum atomic E-state index is -3.42. The van der Waals surface area contributed by atoms with Gasteiger partial charge in [-0.15, -0.1) is 11.8 Å². The van der Waals surface area contributed by atoms with Gasteiger partial charge < -0.3 is 9.64 Å². The van der Waals surface area contributed by atoms with Crippen LogP contribution in [0.15, 0.2) is 29.2 Å². The predicted octanol–water partition coefficient (Wildman–Crippen LogP) is 1.88. The number of thioether (sulfide) groups is 1. The fraction of sp³-hybridized carbons (Fsp3) is 0.632. The summed E-state index contributed by atoms with van der Waals surface area (Å²) >= 11 is 1.78. The summed E-state index contributed by atoms with van der Waals surface area (Å²) in [6.45, 7) is 4.82. The first kappa shape index (κ1) is 19.2. The summed E-state index contributed by atoms with van der Waals surface area (Å²) in [4.78, 5) is 14.3. The van der Waals surface area contributed by atoms with Gasteiger partial charge in [0.05, 0.1) is 11.0 Å². The van der Waals surface area contributed by atoms with Crippen LogP contribution in [0.3, 0.4) is 0 Å². The molecule has 3 heterocycles. The molecule has 4 rings (SSSR count). The maximum Gasteiger partial charge on any atom is 0.248 e. The maximum absolute atomic E-state index is 12.7. The summed E-state index contributed by atoms with van der Waals surface area (Å²) in [5.41, 5.74) is 1.05. The molecule has 1 spiro atoms. The molecule has 8 heteroatoms. The lowest BCUT2D eigenvalue weighted by Gasteiger charge is -2.46. The number of carbonyl (C=O) groups excluding carboxylic acids is 1. The van der Waals surface area contributed by atoms with Gasteiger partial charge in [-0.2, -0.15) is 4.31 Å². The van der Waals surface area contributed by atoms with E-state index in [1.54, 1.807) is 28.2 Å². The summed E-state index contributed by atoms with van der Waals surface area (Å²) < 4.78 is 32.8. The molecule has 3 aliphatic heterocycles. The van der Waals surface area contributed by atoms with Gasteiger partial charge in [0.25, 0.3) is 0 Å². The molecular formula is C19H26N2O4S2. The zero-order valence-corrected chi connectivity index (χ0v) is 17.2. The first-order valence-electron chi connectivity index (χ1n) is 9.48. The first-order chi connectivity index (χ1) is 12.9. The summed E-state index contributed by atoms with van der Waals surface area (Å²) in [5.74, 6) is 0.904. The lowest BCUT2D eigenvalue weighted by molar-refractivity contribution is -0.136. The van der Waals surface area contributed by atoms with Gasteiger partial charge in [-0.1, -0.05) is 17.7 Å². The van der Waals surface area contributed by atoms with Gasteiger partial charge in [0.15, 0.2) is 0 Å². The number of hydrogen-bond donors (Lipinski definition) is 0. The van der Waals surface area contributed by atoms with E-state index in [0.717, 1.165) is 43.7 Å². The molecule has 1 aromatic rings. The topological polar surface area (TPSA) is 66.9 Å². The highest BCUT2D eigenvalue weighted by atomic mass is 32.2. The van der Waals surface area contributed by atoms with Crippen molar-refractivity contribution in [2.24, 2.45) is 0 Å².